The van der Waals surface area contributed by atoms with Crippen LogP contribution in [0.3, 0.4) is 0 Å². The fourth-order valence-electron chi connectivity index (χ4n) is 3.78. The highest BCUT2D eigenvalue weighted by molar-refractivity contribution is 7.99. The number of thioether (sulfide) groups is 1. The van der Waals surface area contributed by atoms with Gasteiger partial charge in [0.1, 0.15) is 11.9 Å². The van der Waals surface area contributed by atoms with Crippen LogP contribution in [-0.4, -0.2) is 34.0 Å². The van der Waals surface area contributed by atoms with E-state index in [1.165, 1.54) is 23.9 Å². The zero-order valence-electron chi connectivity index (χ0n) is 21.1. The predicted molar refractivity (Wildman–Crippen MR) is 151 cm³/mol. The zero-order valence-corrected chi connectivity index (χ0v) is 23.5. The minimum atomic E-state index is -0.784. The van der Waals surface area contributed by atoms with E-state index in [0.717, 1.165) is 11.1 Å². The molecule has 0 heterocycles. The molecule has 0 aliphatic carbocycles. The summed E-state index contributed by atoms with van der Waals surface area (Å²) in [5.41, 5.74) is 1.94. The van der Waals surface area contributed by atoms with Crippen molar-refractivity contribution in [2.24, 2.45) is 0 Å². The molecule has 37 heavy (non-hydrogen) atoms. The van der Waals surface area contributed by atoms with Gasteiger partial charge in [-0.3, -0.25) is 9.59 Å². The molecule has 0 aromatic heterocycles. The van der Waals surface area contributed by atoms with Crippen molar-refractivity contribution in [3.05, 3.63) is 105 Å². The topological polar surface area (TPSA) is 49.4 Å². The third-order valence-electron chi connectivity index (χ3n) is 5.57. The number of rotatable bonds is 10. The van der Waals surface area contributed by atoms with Gasteiger partial charge in [-0.25, -0.2) is 4.39 Å². The lowest BCUT2D eigenvalue weighted by molar-refractivity contribution is -0.140. The van der Waals surface area contributed by atoms with Crippen LogP contribution in [0.25, 0.3) is 0 Å². The second-order valence-corrected chi connectivity index (χ2v) is 11.6. The van der Waals surface area contributed by atoms with E-state index in [-0.39, 0.29) is 29.9 Å². The quantitative estimate of drug-likeness (QED) is 0.292. The zero-order chi connectivity index (χ0) is 27.0. The van der Waals surface area contributed by atoms with Crippen molar-refractivity contribution in [1.29, 1.82) is 0 Å². The molecule has 0 bridgehead atoms. The molecule has 1 N–H and O–H groups in total. The van der Waals surface area contributed by atoms with Gasteiger partial charge in [0.25, 0.3) is 0 Å². The summed E-state index contributed by atoms with van der Waals surface area (Å²) in [6, 6.07) is 20.2. The lowest BCUT2D eigenvalue weighted by Gasteiger charge is -2.34. The highest BCUT2D eigenvalue weighted by Crippen LogP contribution is 2.28. The first kappa shape index (κ1) is 29.0. The number of hydrogen-bond acceptors (Lipinski definition) is 3. The number of benzene rings is 3. The van der Waals surface area contributed by atoms with E-state index in [0.29, 0.717) is 27.8 Å². The molecule has 0 aliphatic rings. The third kappa shape index (κ3) is 9.06. The summed E-state index contributed by atoms with van der Waals surface area (Å²) in [7, 11) is 0. The molecule has 0 radical (unpaired) electrons. The number of carbonyl (C=O) groups excluding carboxylic acids is 2. The minimum absolute atomic E-state index is 0.0868. The number of nitrogens with one attached hydrogen (secondary N) is 1. The molecule has 3 aromatic rings. The van der Waals surface area contributed by atoms with E-state index in [1.54, 1.807) is 35.2 Å². The van der Waals surface area contributed by atoms with Gasteiger partial charge in [-0.05, 0) is 56.2 Å². The maximum Gasteiger partial charge on any atom is 0.243 e. The van der Waals surface area contributed by atoms with Crippen molar-refractivity contribution in [3.8, 4) is 0 Å². The highest BCUT2D eigenvalue weighted by atomic mass is 35.5. The molecule has 0 saturated carbocycles. The summed E-state index contributed by atoms with van der Waals surface area (Å²) < 4.78 is 13.2. The Morgan fingerprint density at radius 3 is 2.14 bits per heavy atom. The van der Waals surface area contributed by atoms with Crippen molar-refractivity contribution in [2.75, 3.05) is 5.75 Å². The van der Waals surface area contributed by atoms with Crippen LogP contribution >= 0.6 is 35.0 Å². The Balaban J connectivity index is 1.91. The molecule has 0 aliphatic heterocycles. The van der Waals surface area contributed by atoms with Gasteiger partial charge in [0.15, 0.2) is 0 Å². The van der Waals surface area contributed by atoms with Crippen LogP contribution in [-0.2, 0) is 28.3 Å². The summed E-state index contributed by atoms with van der Waals surface area (Å²) >= 11 is 14.3. The van der Waals surface area contributed by atoms with Crippen LogP contribution in [0.5, 0.6) is 0 Å². The highest BCUT2D eigenvalue weighted by Gasteiger charge is 2.32. The summed E-state index contributed by atoms with van der Waals surface area (Å²) in [5.74, 6) is -0.108. The molecule has 0 spiro atoms. The average Bonchev–Trinajstić information content (AvgIpc) is 2.83. The molecular weight excluding hydrogens is 530 g/mol. The number of nitrogens with zero attached hydrogens (tertiary/aromatic N) is 1. The standard InChI is InChI=1S/C29H31Cl2FN2O2S/c1-29(2,3)33-28(36)26(16-20-8-5-4-6-9-20)34(17-23-24(30)10-7-11-25(23)31)27(35)19-37-18-21-12-14-22(32)15-13-21/h4-15,26H,16-19H2,1-3H3,(H,33,36). The minimum Gasteiger partial charge on any atom is -0.350 e. The number of carbonyl (C=O) groups is 2. The first-order valence-corrected chi connectivity index (χ1v) is 13.8. The summed E-state index contributed by atoms with van der Waals surface area (Å²) in [5, 5.41) is 3.90. The van der Waals surface area contributed by atoms with E-state index < -0.39 is 11.6 Å². The predicted octanol–water partition coefficient (Wildman–Crippen LogP) is 6.92. The van der Waals surface area contributed by atoms with Crippen LogP contribution in [0, 0.1) is 5.82 Å². The number of halogens is 3. The maximum atomic E-state index is 13.7. The Labute approximate surface area is 232 Å². The molecule has 2 amide bonds. The summed E-state index contributed by atoms with van der Waals surface area (Å²) in [6.07, 6.45) is 0.333. The molecule has 0 fully saturated rings. The van der Waals surface area contributed by atoms with Gasteiger partial charge in [-0.2, -0.15) is 0 Å². The third-order valence-corrected chi connectivity index (χ3v) is 7.26. The fourth-order valence-corrected chi connectivity index (χ4v) is 5.17. The molecule has 196 valence electrons. The smallest absolute Gasteiger partial charge is 0.243 e. The Morgan fingerprint density at radius 2 is 1.54 bits per heavy atom. The molecule has 8 heteroatoms. The van der Waals surface area contributed by atoms with Crippen molar-refractivity contribution in [2.45, 2.75) is 51.1 Å². The van der Waals surface area contributed by atoms with Gasteiger partial charge in [-0.15, -0.1) is 11.8 Å². The van der Waals surface area contributed by atoms with Gasteiger partial charge >= 0.3 is 0 Å². The molecule has 0 saturated heterocycles. The monoisotopic (exact) mass is 560 g/mol. The summed E-state index contributed by atoms with van der Waals surface area (Å²) in [6.45, 7) is 5.80. The fraction of sp³-hybridized carbons (Fsp3) is 0.310. The van der Waals surface area contributed by atoms with Crippen LogP contribution in [0.4, 0.5) is 4.39 Å². The molecule has 3 rings (SSSR count). The van der Waals surface area contributed by atoms with Gasteiger partial charge in [0.2, 0.25) is 11.8 Å². The first-order valence-electron chi connectivity index (χ1n) is 11.9. The van der Waals surface area contributed by atoms with Gasteiger partial charge in [0, 0.05) is 39.9 Å². The molecule has 1 unspecified atom stereocenters. The van der Waals surface area contributed by atoms with E-state index in [2.05, 4.69) is 5.32 Å². The Kier molecular flexibility index (Phi) is 10.4. The SMILES string of the molecule is CC(C)(C)NC(=O)C(Cc1ccccc1)N(Cc1c(Cl)cccc1Cl)C(=O)CSCc1ccc(F)cc1. The molecular formula is C29H31Cl2FN2O2S. The largest absolute Gasteiger partial charge is 0.350 e. The van der Waals surface area contributed by atoms with Gasteiger partial charge in [-0.1, -0.05) is 71.7 Å². The Hall–Kier alpha value is -2.54. The average molecular weight is 562 g/mol. The van der Waals surface area contributed by atoms with Crippen LogP contribution in [0.1, 0.15) is 37.5 Å². The molecule has 4 nitrogen and oxygen atoms in total. The van der Waals surface area contributed by atoms with Crippen LogP contribution in [0.2, 0.25) is 10.0 Å². The number of hydrogen-bond donors (Lipinski definition) is 1. The van der Waals surface area contributed by atoms with Crippen molar-refractivity contribution < 1.29 is 14.0 Å². The second kappa shape index (κ2) is 13.3. The van der Waals surface area contributed by atoms with Gasteiger partial charge in [0.05, 0.1) is 5.75 Å². The van der Waals surface area contributed by atoms with E-state index in [1.807, 2.05) is 51.1 Å². The first-order chi connectivity index (χ1) is 17.5. The van der Waals surface area contributed by atoms with Crippen LogP contribution < -0.4 is 5.32 Å². The number of amides is 2. The maximum absolute atomic E-state index is 13.7. The Bertz CT molecular complexity index is 1180. The lowest BCUT2D eigenvalue weighted by Crippen LogP contribution is -2.54. The normalized spacial score (nSPS) is 12.2. The van der Waals surface area contributed by atoms with E-state index in [9.17, 15) is 14.0 Å². The molecule has 3 aromatic carbocycles. The van der Waals surface area contributed by atoms with Gasteiger partial charge < -0.3 is 10.2 Å². The van der Waals surface area contributed by atoms with E-state index >= 15 is 0 Å². The van der Waals surface area contributed by atoms with Crippen LogP contribution in [0.15, 0.2) is 72.8 Å². The van der Waals surface area contributed by atoms with Crippen molar-refractivity contribution in [1.82, 2.24) is 10.2 Å². The Morgan fingerprint density at radius 1 is 0.919 bits per heavy atom. The van der Waals surface area contributed by atoms with Crippen molar-refractivity contribution >= 4 is 46.8 Å². The molecule has 1 atom stereocenters. The lowest BCUT2D eigenvalue weighted by atomic mass is 10.0. The second-order valence-electron chi connectivity index (χ2n) is 9.79. The van der Waals surface area contributed by atoms with E-state index in [4.69, 9.17) is 23.2 Å². The summed E-state index contributed by atoms with van der Waals surface area (Å²) in [4.78, 5) is 28.8. The van der Waals surface area contributed by atoms with Crippen molar-refractivity contribution in [3.63, 3.8) is 0 Å².